The minimum Gasteiger partial charge on any atom is -0.365 e. The summed E-state index contributed by atoms with van der Waals surface area (Å²) in [5, 5.41) is 12.0. The first-order valence-corrected chi connectivity index (χ1v) is 12.2. The lowest BCUT2D eigenvalue weighted by atomic mass is 10.1. The summed E-state index contributed by atoms with van der Waals surface area (Å²) >= 11 is 0. The number of para-hydroxylation sites is 1. The third-order valence-corrected chi connectivity index (χ3v) is 7.68. The number of sulfone groups is 1. The Hall–Kier alpha value is -3.85. The number of aryl methyl sites for hydroxylation is 3. The molecule has 5 aromatic rings. The normalized spacial score (nSPS) is 11.9. The molecule has 0 fully saturated rings. The Morgan fingerprint density at radius 2 is 1.65 bits per heavy atom. The van der Waals surface area contributed by atoms with Crippen LogP contribution in [0.15, 0.2) is 70.6 Å². The van der Waals surface area contributed by atoms with E-state index in [1.165, 1.54) is 16.6 Å². The van der Waals surface area contributed by atoms with Crippen molar-refractivity contribution in [3.05, 3.63) is 88.7 Å². The Labute approximate surface area is 196 Å². The van der Waals surface area contributed by atoms with E-state index in [0.717, 1.165) is 16.5 Å². The van der Waals surface area contributed by atoms with Crippen molar-refractivity contribution >= 4 is 32.2 Å². The van der Waals surface area contributed by atoms with Crippen molar-refractivity contribution in [1.82, 2.24) is 19.8 Å². The van der Waals surface area contributed by atoms with Crippen LogP contribution in [0.5, 0.6) is 0 Å². The van der Waals surface area contributed by atoms with E-state index in [9.17, 15) is 12.8 Å². The molecule has 2 aromatic heterocycles. The lowest BCUT2D eigenvalue weighted by Gasteiger charge is -2.12. The van der Waals surface area contributed by atoms with E-state index in [4.69, 9.17) is 0 Å². The van der Waals surface area contributed by atoms with Gasteiger partial charge in [0.25, 0.3) is 0 Å². The topological polar surface area (TPSA) is 89.2 Å². The standard InChI is InChI=1S/C25H22FN5O2S/c1-15-12-16(2)22(17(3)13-15)34(32,33)25-24-28-23(27-14-18-8-10-19(26)11-9-18)20-6-4-5-7-21(20)31(24)30-29-25/h4-13H,14H2,1-3H3,(H,27,28). The number of aromatic nitrogens is 4. The third kappa shape index (κ3) is 3.67. The highest BCUT2D eigenvalue weighted by molar-refractivity contribution is 7.91. The van der Waals surface area contributed by atoms with Crippen molar-refractivity contribution < 1.29 is 12.8 Å². The average molecular weight is 476 g/mol. The van der Waals surface area contributed by atoms with Crippen molar-refractivity contribution in [3.63, 3.8) is 0 Å². The Balaban J connectivity index is 1.67. The van der Waals surface area contributed by atoms with Crippen molar-refractivity contribution in [3.8, 4) is 0 Å². The molecule has 0 bridgehead atoms. The fraction of sp³-hybridized carbons (Fsp3) is 0.160. The summed E-state index contributed by atoms with van der Waals surface area (Å²) in [6.45, 7) is 5.86. The molecular weight excluding hydrogens is 453 g/mol. The van der Waals surface area contributed by atoms with Gasteiger partial charge in [-0.25, -0.2) is 17.8 Å². The minimum absolute atomic E-state index is 0.139. The second-order valence-electron chi connectivity index (χ2n) is 8.32. The number of fused-ring (bicyclic) bond motifs is 3. The van der Waals surface area contributed by atoms with Crippen LogP contribution in [0.1, 0.15) is 22.3 Å². The number of halogens is 1. The van der Waals surface area contributed by atoms with Gasteiger partial charge in [0.1, 0.15) is 11.6 Å². The van der Waals surface area contributed by atoms with E-state index in [1.54, 1.807) is 26.0 Å². The summed E-state index contributed by atoms with van der Waals surface area (Å²) in [4.78, 5) is 4.86. The van der Waals surface area contributed by atoms with Crippen LogP contribution in [0.4, 0.5) is 10.2 Å². The number of hydrogen-bond donors (Lipinski definition) is 1. The predicted molar refractivity (Wildman–Crippen MR) is 128 cm³/mol. The summed E-state index contributed by atoms with van der Waals surface area (Å²) < 4.78 is 42.1. The van der Waals surface area contributed by atoms with Gasteiger partial charge < -0.3 is 5.32 Å². The smallest absolute Gasteiger partial charge is 0.230 e. The number of benzene rings is 3. The highest BCUT2D eigenvalue weighted by Crippen LogP contribution is 2.31. The molecule has 0 aliphatic heterocycles. The molecule has 0 saturated carbocycles. The average Bonchev–Trinajstić information content (AvgIpc) is 3.23. The summed E-state index contributed by atoms with van der Waals surface area (Å²) in [7, 11) is -3.98. The molecule has 1 N–H and O–H groups in total. The van der Waals surface area contributed by atoms with Gasteiger partial charge in [-0.2, -0.15) is 4.52 Å². The minimum atomic E-state index is -3.98. The maximum Gasteiger partial charge on any atom is 0.230 e. The quantitative estimate of drug-likeness (QED) is 0.393. The molecule has 172 valence electrons. The van der Waals surface area contributed by atoms with E-state index in [2.05, 4.69) is 20.6 Å². The van der Waals surface area contributed by atoms with E-state index >= 15 is 0 Å². The zero-order chi connectivity index (χ0) is 24.0. The highest BCUT2D eigenvalue weighted by Gasteiger charge is 2.30. The number of nitrogens with one attached hydrogen (secondary N) is 1. The van der Waals surface area contributed by atoms with E-state index in [-0.39, 0.29) is 21.4 Å². The lowest BCUT2D eigenvalue weighted by molar-refractivity contribution is 0.591. The molecule has 0 aliphatic rings. The van der Waals surface area contributed by atoms with Crippen LogP contribution >= 0.6 is 0 Å². The maximum atomic E-state index is 13.7. The molecule has 0 saturated heterocycles. The number of hydrogen-bond acceptors (Lipinski definition) is 6. The monoisotopic (exact) mass is 475 g/mol. The highest BCUT2D eigenvalue weighted by atomic mass is 32.2. The van der Waals surface area contributed by atoms with Crippen molar-refractivity contribution in [1.29, 1.82) is 0 Å². The number of nitrogens with zero attached hydrogens (tertiary/aromatic N) is 4. The summed E-state index contributed by atoms with van der Waals surface area (Å²) in [5.41, 5.74) is 3.94. The zero-order valence-electron chi connectivity index (χ0n) is 18.9. The third-order valence-electron chi connectivity index (χ3n) is 5.72. The van der Waals surface area contributed by atoms with Crippen LogP contribution < -0.4 is 5.32 Å². The van der Waals surface area contributed by atoms with E-state index in [1.807, 2.05) is 43.3 Å². The molecule has 0 amide bonds. The van der Waals surface area contributed by atoms with Gasteiger partial charge in [-0.3, -0.25) is 0 Å². The molecule has 0 radical (unpaired) electrons. The molecule has 34 heavy (non-hydrogen) atoms. The predicted octanol–water partition coefficient (Wildman–Crippen LogP) is 4.79. The molecular formula is C25H22FN5O2S. The number of rotatable bonds is 5. The van der Waals surface area contributed by atoms with Gasteiger partial charge in [-0.15, -0.1) is 5.10 Å². The molecule has 0 spiro atoms. The van der Waals surface area contributed by atoms with E-state index in [0.29, 0.717) is 29.0 Å². The molecule has 9 heteroatoms. The Bertz CT molecular complexity index is 1640. The lowest BCUT2D eigenvalue weighted by Crippen LogP contribution is -2.10. The summed E-state index contributed by atoms with van der Waals surface area (Å²) in [6, 6.07) is 17.2. The van der Waals surface area contributed by atoms with Crippen molar-refractivity contribution in [2.45, 2.75) is 37.2 Å². The van der Waals surface area contributed by atoms with Gasteiger partial charge in [0.15, 0.2) is 5.65 Å². The van der Waals surface area contributed by atoms with Gasteiger partial charge in [0.05, 0.1) is 10.4 Å². The largest absolute Gasteiger partial charge is 0.365 e. The zero-order valence-corrected chi connectivity index (χ0v) is 19.7. The first-order chi connectivity index (χ1) is 16.3. The van der Waals surface area contributed by atoms with E-state index < -0.39 is 9.84 Å². The molecule has 5 rings (SSSR count). The van der Waals surface area contributed by atoms with Crippen molar-refractivity contribution in [2.75, 3.05) is 5.32 Å². The molecule has 0 aliphatic carbocycles. The first kappa shape index (κ1) is 22.0. The second kappa shape index (κ2) is 8.18. The molecule has 0 atom stereocenters. The van der Waals surface area contributed by atoms with Gasteiger partial charge in [0.2, 0.25) is 14.9 Å². The molecule has 2 heterocycles. The van der Waals surface area contributed by atoms with Crippen LogP contribution in [0, 0.1) is 26.6 Å². The van der Waals surface area contributed by atoms with Crippen LogP contribution in [-0.4, -0.2) is 28.2 Å². The summed E-state index contributed by atoms with van der Waals surface area (Å²) in [5.74, 6) is 0.180. The van der Waals surface area contributed by atoms with Crippen molar-refractivity contribution in [2.24, 2.45) is 0 Å². The maximum absolute atomic E-state index is 13.7. The number of anilines is 1. The van der Waals surface area contributed by atoms with Crippen LogP contribution in [0.2, 0.25) is 0 Å². The molecule has 3 aromatic carbocycles. The second-order valence-corrected chi connectivity index (χ2v) is 10.1. The fourth-order valence-corrected chi connectivity index (χ4v) is 6.00. The fourth-order valence-electron chi connectivity index (χ4n) is 4.33. The van der Waals surface area contributed by atoms with Gasteiger partial charge in [0, 0.05) is 11.9 Å². The van der Waals surface area contributed by atoms with Gasteiger partial charge in [-0.05, 0) is 61.7 Å². The Morgan fingerprint density at radius 3 is 2.35 bits per heavy atom. The van der Waals surface area contributed by atoms with Crippen LogP contribution in [0.3, 0.4) is 0 Å². The Morgan fingerprint density at radius 1 is 0.971 bits per heavy atom. The molecule has 7 nitrogen and oxygen atoms in total. The molecule has 0 unspecified atom stereocenters. The SMILES string of the molecule is Cc1cc(C)c(S(=O)(=O)c2nnn3c2nc(NCc2ccc(F)cc2)c2ccccc23)c(C)c1. The van der Waals surface area contributed by atoms with Crippen LogP contribution in [-0.2, 0) is 16.4 Å². The summed E-state index contributed by atoms with van der Waals surface area (Å²) in [6.07, 6.45) is 0. The first-order valence-electron chi connectivity index (χ1n) is 10.7. The Kier molecular flexibility index (Phi) is 5.28. The van der Waals surface area contributed by atoms with Gasteiger partial charge >= 0.3 is 0 Å². The van der Waals surface area contributed by atoms with Crippen LogP contribution in [0.25, 0.3) is 16.6 Å². The van der Waals surface area contributed by atoms with Gasteiger partial charge in [-0.1, -0.05) is 47.2 Å².